The molecular weight excluding hydrogens is 396 g/mol. The van der Waals surface area contributed by atoms with Crippen LogP contribution in [-0.2, 0) is 22.7 Å². The minimum absolute atomic E-state index is 0.278. The number of likely N-dealkylation sites (N-methyl/N-ethyl adjacent to an activating group) is 1. The average molecular weight is 422 g/mol. The monoisotopic (exact) mass is 422 g/mol. The van der Waals surface area contributed by atoms with Gasteiger partial charge in [-0.1, -0.05) is 41.1 Å². The Morgan fingerprint density at radius 1 is 1.06 bits per heavy atom. The number of aromatic nitrogens is 1. The van der Waals surface area contributed by atoms with E-state index < -0.39 is 5.97 Å². The summed E-state index contributed by atoms with van der Waals surface area (Å²) in [4.78, 5) is 26.2. The first kappa shape index (κ1) is 22.1. The molecule has 0 aliphatic heterocycles. The van der Waals surface area contributed by atoms with Crippen molar-refractivity contribution in [3.8, 4) is 5.75 Å². The smallest absolute Gasteiger partial charge is 0.338 e. The van der Waals surface area contributed by atoms with Gasteiger partial charge in [0.1, 0.15) is 18.1 Å². The lowest BCUT2D eigenvalue weighted by Crippen LogP contribution is -2.30. The van der Waals surface area contributed by atoms with E-state index in [9.17, 15) is 9.59 Å². The van der Waals surface area contributed by atoms with E-state index in [1.165, 1.54) is 4.90 Å². The molecule has 0 aliphatic rings. The number of hydrogen-bond donors (Lipinski definition) is 0. The molecule has 0 unspecified atom stereocenters. The molecule has 2 aromatic carbocycles. The van der Waals surface area contributed by atoms with Crippen LogP contribution in [0.5, 0.6) is 5.75 Å². The van der Waals surface area contributed by atoms with Gasteiger partial charge in [-0.15, -0.1) is 0 Å². The molecule has 31 heavy (non-hydrogen) atoms. The number of esters is 1. The van der Waals surface area contributed by atoms with Crippen molar-refractivity contribution >= 4 is 11.9 Å². The van der Waals surface area contributed by atoms with Crippen molar-refractivity contribution in [1.82, 2.24) is 10.1 Å². The molecule has 0 atom stereocenters. The van der Waals surface area contributed by atoms with Crippen LogP contribution in [0.3, 0.4) is 0 Å². The van der Waals surface area contributed by atoms with Crippen molar-refractivity contribution in [2.24, 2.45) is 0 Å². The van der Waals surface area contributed by atoms with E-state index in [1.54, 1.807) is 31.3 Å². The molecule has 3 rings (SSSR count). The number of carbonyl (C=O) groups excluding carboxylic acids is 2. The zero-order valence-electron chi connectivity index (χ0n) is 18.2. The lowest BCUT2D eigenvalue weighted by atomic mass is 10.1. The second-order valence-electron chi connectivity index (χ2n) is 7.43. The van der Waals surface area contributed by atoms with Gasteiger partial charge in [-0.05, 0) is 44.5 Å². The molecule has 7 nitrogen and oxygen atoms in total. The van der Waals surface area contributed by atoms with Gasteiger partial charge in [0.2, 0.25) is 0 Å². The number of amides is 1. The van der Waals surface area contributed by atoms with Gasteiger partial charge in [0, 0.05) is 13.6 Å². The van der Waals surface area contributed by atoms with Crippen LogP contribution in [0.25, 0.3) is 0 Å². The number of carbonyl (C=O) groups is 2. The Hall–Kier alpha value is -3.61. The molecule has 162 valence electrons. The third-order valence-corrected chi connectivity index (χ3v) is 4.93. The zero-order valence-corrected chi connectivity index (χ0v) is 18.2. The lowest BCUT2D eigenvalue weighted by Gasteiger charge is -2.17. The summed E-state index contributed by atoms with van der Waals surface area (Å²) in [5.74, 6) is 0.346. The third-order valence-electron chi connectivity index (χ3n) is 4.93. The van der Waals surface area contributed by atoms with Gasteiger partial charge in [0.25, 0.3) is 5.91 Å². The highest BCUT2D eigenvalue weighted by Crippen LogP contribution is 2.19. The van der Waals surface area contributed by atoms with E-state index in [4.69, 9.17) is 14.0 Å². The summed E-state index contributed by atoms with van der Waals surface area (Å²) in [5, 5.41) is 3.89. The molecule has 1 amide bonds. The molecule has 0 saturated carbocycles. The summed E-state index contributed by atoms with van der Waals surface area (Å²) in [7, 11) is 1.68. The first-order valence-electron chi connectivity index (χ1n) is 9.94. The normalized spacial score (nSPS) is 10.6. The highest BCUT2D eigenvalue weighted by molar-refractivity contribution is 5.91. The topological polar surface area (TPSA) is 81.9 Å². The summed E-state index contributed by atoms with van der Waals surface area (Å²) in [5.41, 5.74) is 4.11. The maximum atomic E-state index is 12.4. The Morgan fingerprint density at radius 3 is 2.48 bits per heavy atom. The van der Waals surface area contributed by atoms with Gasteiger partial charge >= 0.3 is 5.97 Å². The highest BCUT2D eigenvalue weighted by Gasteiger charge is 2.15. The van der Waals surface area contributed by atoms with Crippen molar-refractivity contribution in [2.45, 2.75) is 33.9 Å². The predicted octanol–water partition coefficient (Wildman–Crippen LogP) is 3.99. The maximum absolute atomic E-state index is 12.4. The van der Waals surface area contributed by atoms with Crippen LogP contribution >= 0.6 is 0 Å². The number of ether oxygens (including phenoxy) is 2. The Morgan fingerprint density at radius 2 is 1.81 bits per heavy atom. The summed E-state index contributed by atoms with van der Waals surface area (Å²) in [6.07, 6.45) is 0. The number of nitrogens with zero attached hydrogens (tertiary/aromatic N) is 2. The van der Waals surface area contributed by atoms with Crippen molar-refractivity contribution in [1.29, 1.82) is 0 Å². The fraction of sp³-hybridized carbons (Fsp3) is 0.292. The van der Waals surface area contributed by atoms with E-state index in [0.717, 1.165) is 22.4 Å². The minimum Gasteiger partial charge on any atom is -0.489 e. The van der Waals surface area contributed by atoms with E-state index >= 15 is 0 Å². The minimum atomic E-state index is -0.583. The van der Waals surface area contributed by atoms with Crippen LogP contribution in [-0.4, -0.2) is 35.6 Å². The van der Waals surface area contributed by atoms with Crippen molar-refractivity contribution in [3.63, 3.8) is 0 Å². The predicted molar refractivity (Wildman–Crippen MR) is 115 cm³/mol. The van der Waals surface area contributed by atoms with Crippen LogP contribution in [0.1, 0.15) is 38.5 Å². The van der Waals surface area contributed by atoms with Crippen LogP contribution < -0.4 is 4.74 Å². The summed E-state index contributed by atoms with van der Waals surface area (Å²) >= 11 is 0. The zero-order chi connectivity index (χ0) is 22.4. The fourth-order valence-corrected chi connectivity index (χ4v) is 2.95. The summed E-state index contributed by atoms with van der Waals surface area (Å²) < 4.78 is 16.1. The first-order valence-corrected chi connectivity index (χ1v) is 9.94. The molecule has 0 fully saturated rings. The molecule has 0 N–H and O–H groups in total. The Labute approximate surface area is 181 Å². The van der Waals surface area contributed by atoms with Gasteiger partial charge < -0.3 is 18.9 Å². The molecule has 0 aliphatic carbocycles. The van der Waals surface area contributed by atoms with Crippen LogP contribution in [0, 0.1) is 20.8 Å². The maximum Gasteiger partial charge on any atom is 0.338 e. The lowest BCUT2D eigenvalue weighted by molar-refractivity contribution is -0.133. The molecule has 0 bridgehead atoms. The van der Waals surface area contributed by atoms with Gasteiger partial charge in [0.05, 0.1) is 16.8 Å². The fourth-order valence-electron chi connectivity index (χ4n) is 2.95. The first-order chi connectivity index (χ1) is 14.8. The Kier molecular flexibility index (Phi) is 7.07. The number of benzene rings is 2. The van der Waals surface area contributed by atoms with Crippen molar-refractivity contribution in [2.75, 3.05) is 13.7 Å². The van der Waals surface area contributed by atoms with Crippen molar-refractivity contribution < 1.29 is 23.6 Å². The summed E-state index contributed by atoms with van der Waals surface area (Å²) in [6, 6.07) is 14.6. The van der Waals surface area contributed by atoms with E-state index in [1.807, 2.05) is 45.0 Å². The second-order valence-corrected chi connectivity index (χ2v) is 7.43. The number of aryl methyl sites for hydroxylation is 3. The SMILES string of the molecule is Cc1ccc(CN(C)C(=O)COC(=O)c2cccc(OCc3c(C)noc3C)c2)cc1. The van der Waals surface area contributed by atoms with E-state index in [-0.39, 0.29) is 19.1 Å². The van der Waals surface area contributed by atoms with Gasteiger partial charge in [-0.25, -0.2) is 4.79 Å². The van der Waals surface area contributed by atoms with Gasteiger partial charge in [-0.2, -0.15) is 0 Å². The quantitative estimate of drug-likeness (QED) is 0.511. The summed E-state index contributed by atoms with van der Waals surface area (Å²) in [6.45, 7) is 6.07. The molecule has 1 heterocycles. The largest absolute Gasteiger partial charge is 0.489 e. The van der Waals surface area contributed by atoms with Gasteiger partial charge in [0.15, 0.2) is 6.61 Å². The number of rotatable bonds is 8. The standard InChI is InChI=1S/C24H26N2O5/c1-16-8-10-19(11-9-16)13-26(4)23(27)15-30-24(28)20-6-5-7-21(12-20)29-14-22-17(2)25-31-18(22)3/h5-12H,13-15H2,1-4H3. The van der Waals surface area contributed by atoms with Crippen molar-refractivity contribution in [3.05, 3.63) is 82.2 Å². The molecule has 3 aromatic rings. The van der Waals surface area contributed by atoms with E-state index in [0.29, 0.717) is 23.6 Å². The molecular formula is C24H26N2O5. The molecule has 1 aromatic heterocycles. The average Bonchev–Trinajstić information content (AvgIpc) is 3.09. The Bertz CT molecular complexity index is 1040. The highest BCUT2D eigenvalue weighted by atomic mass is 16.5. The molecule has 7 heteroatoms. The third kappa shape index (κ3) is 5.94. The van der Waals surface area contributed by atoms with Gasteiger partial charge in [-0.3, -0.25) is 4.79 Å². The van der Waals surface area contributed by atoms with Crippen LogP contribution in [0.2, 0.25) is 0 Å². The number of hydrogen-bond acceptors (Lipinski definition) is 6. The second kappa shape index (κ2) is 9.93. The van der Waals surface area contributed by atoms with E-state index in [2.05, 4.69) is 5.16 Å². The van der Waals surface area contributed by atoms with Crippen LogP contribution in [0.4, 0.5) is 0 Å². The Balaban J connectivity index is 1.52. The molecule has 0 spiro atoms. The molecule has 0 saturated heterocycles. The van der Waals surface area contributed by atoms with Crippen LogP contribution in [0.15, 0.2) is 53.1 Å². The molecule has 0 radical (unpaired) electrons.